The van der Waals surface area contributed by atoms with Crippen LogP contribution in [0.15, 0.2) is 48.7 Å². The van der Waals surface area contributed by atoms with Crippen LogP contribution in [0, 0.1) is 17.0 Å². The zero-order valence-corrected chi connectivity index (χ0v) is 15.6. The molecular formula is C18H16N8O3. The number of nitrogens with one attached hydrogen (secondary N) is 1. The van der Waals surface area contributed by atoms with E-state index in [2.05, 4.69) is 25.8 Å². The van der Waals surface area contributed by atoms with Gasteiger partial charge >= 0.3 is 0 Å². The fourth-order valence-electron chi connectivity index (χ4n) is 3.01. The number of nitro benzene ring substituents is 1. The molecule has 4 aromatic rings. The maximum absolute atomic E-state index is 12.7. The summed E-state index contributed by atoms with van der Waals surface area (Å²) in [6.07, 6.45) is 1.82. The van der Waals surface area contributed by atoms with Gasteiger partial charge < -0.3 is 5.32 Å². The van der Waals surface area contributed by atoms with Crippen LogP contribution in [0.25, 0.3) is 11.3 Å². The normalized spacial score (nSPS) is 12.1. The van der Waals surface area contributed by atoms with Crippen LogP contribution in [0.4, 0.5) is 5.69 Å². The first kappa shape index (κ1) is 18.2. The van der Waals surface area contributed by atoms with Crippen LogP contribution in [0.5, 0.6) is 0 Å². The number of aromatic nitrogens is 6. The first-order valence-corrected chi connectivity index (χ1v) is 8.73. The highest BCUT2D eigenvalue weighted by Crippen LogP contribution is 2.19. The van der Waals surface area contributed by atoms with Crippen LogP contribution in [-0.4, -0.2) is 40.4 Å². The van der Waals surface area contributed by atoms with Crippen molar-refractivity contribution in [3.63, 3.8) is 0 Å². The van der Waals surface area contributed by atoms with Crippen LogP contribution >= 0.6 is 0 Å². The number of nitro groups is 1. The summed E-state index contributed by atoms with van der Waals surface area (Å²) in [6.45, 7) is 3.46. The van der Waals surface area contributed by atoms with Crippen LogP contribution < -0.4 is 5.32 Å². The number of fused-ring (bicyclic) bond motifs is 1. The molecule has 0 bridgehead atoms. The minimum Gasteiger partial charge on any atom is -0.341 e. The quantitative estimate of drug-likeness (QED) is 0.406. The van der Waals surface area contributed by atoms with E-state index in [1.165, 1.54) is 16.8 Å². The van der Waals surface area contributed by atoms with Crippen molar-refractivity contribution in [3.8, 4) is 5.69 Å². The lowest BCUT2D eigenvalue weighted by Crippen LogP contribution is -2.29. The molecule has 0 spiro atoms. The fourth-order valence-corrected chi connectivity index (χ4v) is 3.01. The van der Waals surface area contributed by atoms with Crippen molar-refractivity contribution in [1.82, 2.24) is 34.9 Å². The number of pyridine rings is 1. The van der Waals surface area contributed by atoms with E-state index in [-0.39, 0.29) is 11.4 Å². The molecule has 0 radical (unpaired) electrons. The predicted molar refractivity (Wildman–Crippen MR) is 102 cm³/mol. The Morgan fingerprint density at radius 2 is 2.00 bits per heavy atom. The van der Waals surface area contributed by atoms with Crippen LogP contribution in [0.1, 0.15) is 35.0 Å². The van der Waals surface area contributed by atoms with E-state index in [0.29, 0.717) is 22.9 Å². The molecule has 0 fully saturated rings. The zero-order chi connectivity index (χ0) is 20.5. The summed E-state index contributed by atoms with van der Waals surface area (Å²) in [4.78, 5) is 23.2. The number of rotatable bonds is 5. The fraction of sp³-hybridized carbons (Fsp3) is 0.167. The highest BCUT2D eigenvalue weighted by Gasteiger charge is 2.22. The minimum atomic E-state index is -0.492. The third-order valence-electron chi connectivity index (χ3n) is 4.47. The standard InChI is InChI=1S/C18H16N8O3/c1-11(17-22-20-15-8-3-4-9-24(15)17)19-18(27)16-12(2)25(23-21-16)13-6-5-7-14(10-13)26(28)29/h3-11H,1-2H3,(H,19,27). The average molecular weight is 392 g/mol. The predicted octanol–water partition coefficient (Wildman–Crippen LogP) is 2.02. The van der Waals surface area contributed by atoms with Gasteiger partial charge in [-0.05, 0) is 32.0 Å². The van der Waals surface area contributed by atoms with Gasteiger partial charge in [-0.15, -0.1) is 15.3 Å². The molecule has 3 heterocycles. The van der Waals surface area contributed by atoms with Crippen molar-refractivity contribution in [2.45, 2.75) is 19.9 Å². The number of non-ortho nitro benzene ring substituents is 1. The van der Waals surface area contributed by atoms with Gasteiger partial charge in [0.25, 0.3) is 11.6 Å². The van der Waals surface area contributed by atoms with Crippen molar-refractivity contribution >= 4 is 17.2 Å². The molecule has 11 heteroatoms. The van der Waals surface area contributed by atoms with E-state index in [0.717, 1.165) is 0 Å². The minimum absolute atomic E-state index is 0.0734. The van der Waals surface area contributed by atoms with Crippen molar-refractivity contribution in [2.75, 3.05) is 0 Å². The van der Waals surface area contributed by atoms with E-state index >= 15 is 0 Å². The summed E-state index contributed by atoms with van der Waals surface area (Å²) in [7, 11) is 0. The van der Waals surface area contributed by atoms with Gasteiger partial charge in [0.1, 0.15) is 0 Å². The Hall–Kier alpha value is -4.15. The molecule has 0 aliphatic carbocycles. The zero-order valence-electron chi connectivity index (χ0n) is 15.6. The monoisotopic (exact) mass is 392 g/mol. The Morgan fingerprint density at radius 3 is 2.79 bits per heavy atom. The van der Waals surface area contributed by atoms with Crippen molar-refractivity contribution < 1.29 is 9.72 Å². The topological polar surface area (TPSA) is 133 Å². The smallest absolute Gasteiger partial charge is 0.274 e. The molecule has 1 aromatic carbocycles. The molecule has 1 amide bonds. The molecule has 4 rings (SSSR count). The second kappa shape index (κ2) is 7.11. The molecule has 3 aromatic heterocycles. The number of nitrogens with zero attached hydrogens (tertiary/aromatic N) is 7. The van der Waals surface area contributed by atoms with E-state index in [9.17, 15) is 14.9 Å². The summed E-state index contributed by atoms with van der Waals surface area (Å²) < 4.78 is 3.18. The first-order chi connectivity index (χ1) is 14.0. The largest absolute Gasteiger partial charge is 0.341 e. The lowest BCUT2D eigenvalue weighted by molar-refractivity contribution is -0.384. The van der Waals surface area contributed by atoms with Crippen LogP contribution in [0.3, 0.4) is 0 Å². The number of carbonyl (C=O) groups is 1. The molecule has 0 saturated carbocycles. The summed E-state index contributed by atoms with van der Waals surface area (Å²) in [5.41, 5.74) is 1.63. The molecule has 1 atom stereocenters. The highest BCUT2D eigenvalue weighted by molar-refractivity contribution is 5.93. The van der Waals surface area contributed by atoms with Crippen LogP contribution in [0.2, 0.25) is 0 Å². The Balaban J connectivity index is 1.58. The number of hydrogen-bond donors (Lipinski definition) is 1. The maximum atomic E-state index is 12.7. The molecule has 0 saturated heterocycles. The second-order valence-electron chi connectivity index (χ2n) is 6.39. The third-order valence-corrected chi connectivity index (χ3v) is 4.47. The average Bonchev–Trinajstić information content (AvgIpc) is 3.31. The van der Waals surface area contributed by atoms with E-state index in [4.69, 9.17) is 0 Å². The second-order valence-corrected chi connectivity index (χ2v) is 6.39. The van der Waals surface area contributed by atoms with Gasteiger partial charge in [-0.3, -0.25) is 19.3 Å². The summed E-state index contributed by atoms with van der Waals surface area (Å²) in [6, 6.07) is 11.0. The van der Waals surface area contributed by atoms with Gasteiger partial charge in [-0.1, -0.05) is 17.3 Å². The van der Waals surface area contributed by atoms with Crippen LogP contribution in [-0.2, 0) is 0 Å². The number of amides is 1. The molecule has 0 aliphatic rings. The third kappa shape index (κ3) is 3.29. The first-order valence-electron chi connectivity index (χ1n) is 8.73. The maximum Gasteiger partial charge on any atom is 0.274 e. The number of carbonyl (C=O) groups excluding carboxylic acids is 1. The van der Waals surface area contributed by atoms with E-state index in [1.807, 2.05) is 24.4 Å². The number of hydrogen-bond acceptors (Lipinski definition) is 7. The summed E-state index contributed by atoms with van der Waals surface area (Å²) >= 11 is 0. The Bertz CT molecular complexity index is 1230. The lowest BCUT2D eigenvalue weighted by atomic mass is 10.2. The van der Waals surface area contributed by atoms with Crippen molar-refractivity contribution in [3.05, 3.63) is 76.0 Å². The molecule has 146 valence electrons. The SMILES string of the molecule is Cc1c(C(=O)NC(C)c2nnc3ccccn23)nnn1-c1cccc([N+](=O)[O-])c1. The van der Waals surface area contributed by atoms with E-state index in [1.54, 1.807) is 30.4 Å². The van der Waals surface area contributed by atoms with Gasteiger partial charge in [-0.2, -0.15) is 0 Å². The molecule has 1 unspecified atom stereocenters. The highest BCUT2D eigenvalue weighted by atomic mass is 16.6. The van der Waals surface area contributed by atoms with Gasteiger partial charge in [0.15, 0.2) is 17.2 Å². The number of benzene rings is 1. The van der Waals surface area contributed by atoms with Crippen molar-refractivity contribution in [1.29, 1.82) is 0 Å². The molecule has 0 aliphatic heterocycles. The molecule has 1 N–H and O–H groups in total. The Kier molecular flexibility index (Phi) is 4.47. The van der Waals surface area contributed by atoms with Crippen molar-refractivity contribution in [2.24, 2.45) is 0 Å². The lowest BCUT2D eigenvalue weighted by Gasteiger charge is -2.11. The molecule has 29 heavy (non-hydrogen) atoms. The summed E-state index contributed by atoms with van der Waals surface area (Å²) in [5.74, 6) is 0.150. The van der Waals surface area contributed by atoms with E-state index < -0.39 is 16.9 Å². The van der Waals surface area contributed by atoms with Gasteiger partial charge in [0.2, 0.25) is 0 Å². The molecule has 11 nitrogen and oxygen atoms in total. The van der Waals surface area contributed by atoms with Gasteiger partial charge in [-0.25, -0.2) is 4.68 Å². The van der Waals surface area contributed by atoms with Gasteiger partial charge in [0.05, 0.1) is 22.3 Å². The Labute approximate surface area is 164 Å². The Morgan fingerprint density at radius 1 is 1.17 bits per heavy atom. The molecular weight excluding hydrogens is 376 g/mol. The summed E-state index contributed by atoms with van der Waals surface area (Å²) in [5, 5.41) is 30.0. The van der Waals surface area contributed by atoms with Gasteiger partial charge in [0, 0.05) is 18.3 Å².